The lowest BCUT2D eigenvalue weighted by Gasteiger charge is -2.31. The van der Waals surface area contributed by atoms with Gasteiger partial charge in [-0.1, -0.05) is 5.21 Å². The third kappa shape index (κ3) is 3.37. The summed E-state index contributed by atoms with van der Waals surface area (Å²) in [5.41, 5.74) is 2.82. The second kappa shape index (κ2) is 6.76. The van der Waals surface area contributed by atoms with Gasteiger partial charge in [0, 0.05) is 36.6 Å². The Labute approximate surface area is 144 Å². The molecule has 4 rings (SSSR count). The number of aromatic nitrogens is 5. The summed E-state index contributed by atoms with van der Waals surface area (Å²) in [7, 11) is 0. The largest absolute Gasteiger partial charge is 0.324 e. The van der Waals surface area contributed by atoms with E-state index in [9.17, 15) is 4.79 Å². The summed E-state index contributed by atoms with van der Waals surface area (Å²) in [5.74, 6) is 0.452. The van der Waals surface area contributed by atoms with Crippen molar-refractivity contribution in [1.29, 1.82) is 0 Å². The van der Waals surface area contributed by atoms with Gasteiger partial charge in [-0.05, 0) is 43.2 Å². The first-order valence-corrected chi connectivity index (χ1v) is 8.31. The number of carbonyl (C=O) groups excluding carboxylic acids is 1. The van der Waals surface area contributed by atoms with Crippen molar-refractivity contribution in [3.63, 3.8) is 0 Å². The van der Waals surface area contributed by atoms with Gasteiger partial charge < -0.3 is 10.2 Å². The van der Waals surface area contributed by atoms with Crippen molar-refractivity contribution in [2.24, 2.45) is 0 Å². The summed E-state index contributed by atoms with van der Waals surface area (Å²) in [5, 5.41) is 17.7. The third-order valence-electron chi connectivity index (χ3n) is 4.55. The van der Waals surface area contributed by atoms with E-state index in [2.05, 4.69) is 25.8 Å². The van der Waals surface area contributed by atoms with E-state index in [1.807, 2.05) is 35.2 Å². The fourth-order valence-corrected chi connectivity index (χ4v) is 3.13. The fourth-order valence-electron chi connectivity index (χ4n) is 3.13. The maximum Gasteiger partial charge on any atom is 0.321 e. The molecule has 2 N–H and O–H groups in total. The number of aromatic amines is 1. The first-order valence-electron chi connectivity index (χ1n) is 8.31. The zero-order valence-electron chi connectivity index (χ0n) is 13.7. The molecule has 8 nitrogen and oxygen atoms in total. The molecule has 0 saturated carbocycles. The van der Waals surface area contributed by atoms with Crippen LogP contribution in [0.25, 0.3) is 5.69 Å². The second-order valence-corrected chi connectivity index (χ2v) is 6.10. The van der Waals surface area contributed by atoms with Gasteiger partial charge in [0.05, 0.1) is 18.1 Å². The Morgan fingerprint density at radius 1 is 1.12 bits per heavy atom. The van der Waals surface area contributed by atoms with Crippen LogP contribution in [0.1, 0.15) is 24.5 Å². The van der Waals surface area contributed by atoms with Crippen molar-refractivity contribution < 1.29 is 4.79 Å². The molecule has 0 bridgehead atoms. The molecule has 2 aromatic heterocycles. The highest BCUT2D eigenvalue weighted by molar-refractivity contribution is 5.89. The van der Waals surface area contributed by atoms with Crippen LogP contribution >= 0.6 is 0 Å². The molecular formula is C17H19N7O. The minimum absolute atomic E-state index is 0.0587. The van der Waals surface area contributed by atoms with E-state index >= 15 is 0 Å². The smallest absolute Gasteiger partial charge is 0.321 e. The van der Waals surface area contributed by atoms with Crippen molar-refractivity contribution in [3.8, 4) is 5.69 Å². The lowest BCUT2D eigenvalue weighted by molar-refractivity contribution is 0.194. The first kappa shape index (κ1) is 15.4. The summed E-state index contributed by atoms with van der Waals surface area (Å²) in [6.07, 6.45) is 7.07. The van der Waals surface area contributed by atoms with Crippen LogP contribution in [0.5, 0.6) is 0 Å². The Morgan fingerprint density at radius 3 is 2.56 bits per heavy atom. The summed E-state index contributed by atoms with van der Waals surface area (Å²) in [4.78, 5) is 14.3. The van der Waals surface area contributed by atoms with Crippen LogP contribution in [0.15, 0.2) is 48.9 Å². The van der Waals surface area contributed by atoms with Gasteiger partial charge in [0.1, 0.15) is 0 Å². The maximum absolute atomic E-state index is 12.4. The molecule has 0 atom stereocenters. The van der Waals surface area contributed by atoms with E-state index in [1.165, 1.54) is 0 Å². The normalized spacial score (nSPS) is 15.3. The molecule has 128 valence electrons. The Kier molecular flexibility index (Phi) is 4.16. The number of anilines is 1. The minimum atomic E-state index is -0.0587. The molecule has 0 aliphatic carbocycles. The molecule has 8 heteroatoms. The van der Waals surface area contributed by atoms with Gasteiger partial charge in [0.25, 0.3) is 0 Å². The van der Waals surface area contributed by atoms with E-state index in [0.29, 0.717) is 5.92 Å². The SMILES string of the molecule is O=C(Nc1ccc(-n2ccnn2)cc1)N1CCC(c2ccn[nH]2)CC1. The lowest BCUT2D eigenvalue weighted by atomic mass is 9.94. The van der Waals surface area contributed by atoms with Crippen LogP contribution in [-0.4, -0.2) is 49.2 Å². The number of piperidine rings is 1. The monoisotopic (exact) mass is 337 g/mol. The molecule has 0 radical (unpaired) electrons. The molecule has 0 spiro atoms. The van der Waals surface area contributed by atoms with Gasteiger partial charge in [0.2, 0.25) is 0 Å². The predicted molar refractivity (Wildman–Crippen MR) is 92.5 cm³/mol. The van der Waals surface area contributed by atoms with Gasteiger partial charge in [0.15, 0.2) is 0 Å². The highest BCUT2D eigenvalue weighted by atomic mass is 16.2. The Hall–Kier alpha value is -3.16. The summed E-state index contributed by atoms with van der Waals surface area (Å²) in [6.45, 7) is 1.49. The number of nitrogens with zero attached hydrogens (tertiary/aromatic N) is 5. The molecule has 3 aromatic rings. The molecule has 0 unspecified atom stereocenters. The molecule has 1 saturated heterocycles. The van der Waals surface area contributed by atoms with Gasteiger partial charge in [-0.2, -0.15) is 5.10 Å². The predicted octanol–water partition coefficient (Wildman–Crippen LogP) is 2.40. The number of nitrogens with one attached hydrogen (secondary N) is 2. The number of benzene rings is 1. The van der Waals surface area contributed by atoms with Crippen molar-refractivity contribution in [3.05, 3.63) is 54.6 Å². The standard InChI is InChI=1S/C17H19N7O/c25-17(23-10-6-13(7-11-23)16-5-8-18-21-16)20-14-1-3-15(4-2-14)24-12-9-19-22-24/h1-5,8-9,12-13H,6-7,10-11H2,(H,18,21)(H,20,25). The maximum atomic E-state index is 12.4. The average Bonchev–Trinajstić information content (AvgIpc) is 3.36. The van der Waals surface area contributed by atoms with Crippen molar-refractivity contribution >= 4 is 11.7 Å². The van der Waals surface area contributed by atoms with E-state index in [0.717, 1.165) is 43.0 Å². The molecule has 1 aliphatic rings. The zero-order chi connectivity index (χ0) is 17.1. The molecule has 2 amide bonds. The topological polar surface area (TPSA) is 91.7 Å². The molecule has 1 aromatic carbocycles. The van der Waals surface area contributed by atoms with Gasteiger partial charge in [-0.15, -0.1) is 5.10 Å². The fraction of sp³-hybridized carbons (Fsp3) is 0.294. The molecule has 1 aliphatic heterocycles. The molecular weight excluding hydrogens is 318 g/mol. The van der Waals surface area contributed by atoms with Crippen LogP contribution in [-0.2, 0) is 0 Å². The van der Waals surface area contributed by atoms with Crippen LogP contribution in [0.4, 0.5) is 10.5 Å². The van der Waals surface area contributed by atoms with Gasteiger partial charge in [-0.25, -0.2) is 9.48 Å². The number of carbonyl (C=O) groups is 1. The van der Waals surface area contributed by atoms with E-state index in [-0.39, 0.29) is 6.03 Å². The Balaban J connectivity index is 1.33. The number of hydrogen-bond donors (Lipinski definition) is 2. The quantitative estimate of drug-likeness (QED) is 0.768. The number of urea groups is 1. The Bertz CT molecular complexity index is 803. The number of H-pyrrole nitrogens is 1. The van der Waals surface area contributed by atoms with Crippen molar-refractivity contribution in [2.45, 2.75) is 18.8 Å². The Morgan fingerprint density at radius 2 is 1.92 bits per heavy atom. The van der Waals surface area contributed by atoms with Crippen LogP contribution in [0.3, 0.4) is 0 Å². The van der Waals surface area contributed by atoms with E-state index in [4.69, 9.17) is 0 Å². The molecule has 3 heterocycles. The van der Waals surface area contributed by atoms with Crippen LogP contribution < -0.4 is 5.32 Å². The van der Waals surface area contributed by atoms with Crippen molar-refractivity contribution in [2.75, 3.05) is 18.4 Å². The minimum Gasteiger partial charge on any atom is -0.324 e. The van der Waals surface area contributed by atoms with Crippen LogP contribution in [0, 0.1) is 0 Å². The van der Waals surface area contributed by atoms with E-state index in [1.54, 1.807) is 23.3 Å². The summed E-state index contributed by atoms with van der Waals surface area (Å²) >= 11 is 0. The molecule has 25 heavy (non-hydrogen) atoms. The first-order chi connectivity index (χ1) is 12.3. The number of hydrogen-bond acceptors (Lipinski definition) is 4. The van der Waals surface area contributed by atoms with Gasteiger partial charge in [-0.3, -0.25) is 5.10 Å². The second-order valence-electron chi connectivity index (χ2n) is 6.10. The van der Waals surface area contributed by atoms with Crippen LogP contribution in [0.2, 0.25) is 0 Å². The zero-order valence-corrected chi connectivity index (χ0v) is 13.7. The molecule has 1 fully saturated rings. The van der Waals surface area contributed by atoms with Crippen molar-refractivity contribution in [1.82, 2.24) is 30.1 Å². The highest BCUT2D eigenvalue weighted by Gasteiger charge is 2.24. The summed E-state index contributed by atoms with van der Waals surface area (Å²) in [6, 6.07) is 9.48. The highest BCUT2D eigenvalue weighted by Crippen LogP contribution is 2.26. The third-order valence-corrected chi connectivity index (χ3v) is 4.55. The number of rotatable bonds is 3. The van der Waals surface area contributed by atoms with Gasteiger partial charge >= 0.3 is 6.03 Å². The lowest BCUT2D eigenvalue weighted by Crippen LogP contribution is -2.40. The van der Waals surface area contributed by atoms with E-state index < -0.39 is 0 Å². The average molecular weight is 337 g/mol. The number of amides is 2. The summed E-state index contributed by atoms with van der Waals surface area (Å²) < 4.78 is 1.67. The number of likely N-dealkylation sites (tertiary alicyclic amines) is 1.